The molecule has 6 rings (SSSR count). The summed E-state index contributed by atoms with van der Waals surface area (Å²) in [5.41, 5.74) is 3.68. The molecule has 5 heterocycles. The second kappa shape index (κ2) is 10.9. The average Bonchev–Trinajstić information content (AvgIpc) is 3.64. The van der Waals surface area contributed by atoms with Gasteiger partial charge >= 0.3 is 6.03 Å². The molecule has 1 aromatic carbocycles. The number of anilines is 2. The molecule has 2 N–H and O–H groups in total. The maximum atomic E-state index is 12.4. The Bertz CT molecular complexity index is 1630. The van der Waals surface area contributed by atoms with Gasteiger partial charge in [0.2, 0.25) is 5.88 Å². The molecule has 0 spiro atoms. The zero-order valence-corrected chi connectivity index (χ0v) is 23.6. The lowest BCUT2D eigenvalue weighted by Gasteiger charge is -2.26. The molecule has 2 amide bonds. The number of rotatable bonds is 7. The number of aromatic nitrogens is 3. The van der Waals surface area contributed by atoms with E-state index in [1.165, 1.54) is 0 Å². The van der Waals surface area contributed by atoms with Gasteiger partial charge in [-0.3, -0.25) is 10.2 Å². The van der Waals surface area contributed by atoms with Gasteiger partial charge in [0.25, 0.3) is 0 Å². The van der Waals surface area contributed by atoms with Crippen molar-refractivity contribution in [2.45, 2.75) is 26.2 Å². The maximum Gasteiger partial charge on any atom is 0.324 e. The number of amides is 2. The van der Waals surface area contributed by atoms with Crippen molar-refractivity contribution in [2.24, 2.45) is 0 Å². The van der Waals surface area contributed by atoms with Crippen LogP contribution >= 0.6 is 11.3 Å². The summed E-state index contributed by atoms with van der Waals surface area (Å²) in [5.74, 6) is 1.73. The molecule has 1 saturated heterocycles. The van der Waals surface area contributed by atoms with Crippen LogP contribution in [-0.2, 0) is 10.2 Å². The minimum absolute atomic E-state index is 0.184. The number of carbonyl (C=O) groups is 1. The van der Waals surface area contributed by atoms with Crippen LogP contribution in [0.2, 0.25) is 0 Å². The van der Waals surface area contributed by atoms with Crippen molar-refractivity contribution in [2.75, 3.05) is 50.1 Å². The lowest BCUT2D eigenvalue weighted by atomic mass is 9.93. The Kier molecular flexibility index (Phi) is 7.18. The summed E-state index contributed by atoms with van der Waals surface area (Å²) < 4.78 is 18.8. The van der Waals surface area contributed by atoms with Crippen molar-refractivity contribution in [1.82, 2.24) is 19.4 Å². The number of nitrogens with zero attached hydrogens (tertiary/aromatic N) is 4. The van der Waals surface area contributed by atoms with Gasteiger partial charge in [-0.1, -0.05) is 49.4 Å². The topological polar surface area (TPSA) is 106 Å². The van der Waals surface area contributed by atoms with Gasteiger partial charge in [-0.25, -0.2) is 9.78 Å². The zero-order valence-electron chi connectivity index (χ0n) is 22.8. The molecule has 1 fully saturated rings. The summed E-state index contributed by atoms with van der Waals surface area (Å²) in [6.45, 7) is 11.0. The molecule has 40 heavy (non-hydrogen) atoms. The van der Waals surface area contributed by atoms with E-state index < -0.39 is 0 Å². The van der Waals surface area contributed by atoms with Crippen molar-refractivity contribution in [1.29, 1.82) is 0 Å². The van der Waals surface area contributed by atoms with Gasteiger partial charge in [0.05, 0.1) is 18.7 Å². The first-order valence-electron chi connectivity index (χ1n) is 13.3. The summed E-state index contributed by atoms with van der Waals surface area (Å²) in [4.78, 5) is 21.5. The molecule has 10 nitrogen and oxygen atoms in total. The van der Waals surface area contributed by atoms with E-state index in [-0.39, 0.29) is 11.4 Å². The standard InChI is InChI=1S/C29H32N6O4S/c1-29(2,3)23-17-24(33-39-23)31-28(36)30-21-6-4-19(5-7-21)20-16-26-35(18-20)22-8-9-25(32-27(22)40-26)38-15-12-34-10-13-37-14-11-34/h4-9,16-18H,10-15H2,1-3H3,(H2,30,31,33,36). The minimum Gasteiger partial charge on any atom is -0.476 e. The number of nitrogens with one attached hydrogen (secondary N) is 2. The Hall–Kier alpha value is -3.93. The van der Waals surface area contributed by atoms with Crippen LogP contribution in [0.1, 0.15) is 26.5 Å². The van der Waals surface area contributed by atoms with Crippen LogP contribution in [0, 0.1) is 0 Å². The Morgan fingerprint density at radius 1 is 1.05 bits per heavy atom. The van der Waals surface area contributed by atoms with Crippen LogP contribution in [0.3, 0.4) is 0 Å². The molecule has 208 valence electrons. The number of urea groups is 1. The number of pyridine rings is 1. The van der Waals surface area contributed by atoms with E-state index in [9.17, 15) is 4.79 Å². The van der Waals surface area contributed by atoms with E-state index in [2.05, 4.69) is 43.4 Å². The molecule has 0 saturated carbocycles. The monoisotopic (exact) mass is 560 g/mol. The largest absolute Gasteiger partial charge is 0.476 e. The van der Waals surface area contributed by atoms with E-state index >= 15 is 0 Å². The summed E-state index contributed by atoms with van der Waals surface area (Å²) in [5, 5.41) is 9.48. The minimum atomic E-state index is -0.380. The van der Waals surface area contributed by atoms with Crippen molar-refractivity contribution < 1.29 is 18.8 Å². The number of hydrogen-bond acceptors (Lipinski definition) is 8. The highest BCUT2D eigenvalue weighted by atomic mass is 32.1. The van der Waals surface area contributed by atoms with Gasteiger partial charge in [0.15, 0.2) is 5.82 Å². The quantitative estimate of drug-likeness (QED) is 0.257. The van der Waals surface area contributed by atoms with E-state index in [0.29, 0.717) is 29.8 Å². The fraction of sp³-hybridized carbons (Fsp3) is 0.345. The smallest absolute Gasteiger partial charge is 0.324 e. The molecule has 11 heteroatoms. The third-order valence-corrected chi connectivity index (χ3v) is 7.81. The fourth-order valence-electron chi connectivity index (χ4n) is 4.54. The third kappa shape index (κ3) is 5.81. The molecule has 1 aliphatic heterocycles. The van der Waals surface area contributed by atoms with Crippen molar-refractivity contribution >= 4 is 44.1 Å². The Morgan fingerprint density at radius 3 is 2.60 bits per heavy atom. The van der Waals surface area contributed by atoms with Crippen LogP contribution in [0.4, 0.5) is 16.3 Å². The number of morpholine rings is 1. The zero-order chi connectivity index (χ0) is 27.7. The predicted molar refractivity (Wildman–Crippen MR) is 157 cm³/mol. The Morgan fingerprint density at radius 2 is 1.85 bits per heavy atom. The van der Waals surface area contributed by atoms with E-state index in [0.717, 1.165) is 59.2 Å². The van der Waals surface area contributed by atoms with Crippen LogP contribution in [0.25, 0.3) is 26.3 Å². The normalized spacial score (nSPS) is 14.6. The van der Waals surface area contributed by atoms with Gasteiger partial charge in [-0.05, 0) is 29.8 Å². The molecule has 0 radical (unpaired) electrons. The summed E-state index contributed by atoms with van der Waals surface area (Å²) in [6, 6.07) is 15.2. The summed E-state index contributed by atoms with van der Waals surface area (Å²) >= 11 is 1.63. The Balaban J connectivity index is 1.08. The molecule has 4 aromatic heterocycles. The molecule has 1 aliphatic rings. The molecule has 0 unspecified atom stereocenters. The van der Waals surface area contributed by atoms with E-state index in [1.54, 1.807) is 17.4 Å². The van der Waals surface area contributed by atoms with Crippen LogP contribution in [0.15, 0.2) is 59.3 Å². The van der Waals surface area contributed by atoms with E-state index in [1.807, 2.05) is 51.1 Å². The molecule has 0 aliphatic carbocycles. The Labute approximate surface area is 235 Å². The number of fused-ring (bicyclic) bond motifs is 3. The highest BCUT2D eigenvalue weighted by molar-refractivity contribution is 7.23. The maximum absolute atomic E-state index is 12.4. The van der Waals surface area contributed by atoms with Crippen molar-refractivity contribution in [3.05, 3.63) is 60.5 Å². The summed E-state index contributed by atoms with van der Waals surface area (Å²) in [6.07, 6.45) is 2.11. The molecule has 5 aromatic rings. The van der Waals surface area contributed by atoms with Crippen molar-refractivity contribution in [3.63, 3.8) is 0 Å². The molecular formula is C29H32N6O4S. The lowest BCUT2D eigenvalue weighted by molar-refractivity contribution is 0.0320. The highest BCUT2D eigenvalue weighted by Gasteiger charge is 2.20. The number of ether oxygens (including phenoxy) is 2. The van der Waals surface area contributed by atoms with Gasteiger partial charge in [-0.15, -0.1) is 0 Å². The summed E-state index contributed by atoms with van der Waals surface area (Å²) in [7, 11) is 0. The molecule has 0 atom stereocenters. The first-order chi connectivity index (χ1) is 19.3. The predicted octanol–water partition coefficient (Wildman–Crippen LogP) is 5.86. The first-order valence-corrected chi connectivity index (χ1v) is 14.1. The number of thiazole rings is 1. The number of hydrogen-bond donors (Lipinski definition) is 2. The van der Waals surface area contributed by atoms with Gasteiger partial charge < -0.3 is 23.7 Å². The van der Waals surface area contributed by atoms with Crippen LogP contribution < -0.4 is 15.4 Å². The number of benzene rings is 1. The average molecular weight is 561 g/mol. The SMILES string of the molecule is CC(C)(C)c1cc(NC(=O)Nc2ccc(-c3cc4sc5nc(OCCN6CCOCC6)ccc5n4c3)cc2)no1. The molecule has 0 bridgehead atoms. The fourth-order valence-corrected chi connectivity index (χ4v) is 5.58. The van der Waals surface area contributed by atoms with Crippen LogP contribution in [0.5, 0.6) is 5.88 Å². The van der Waals surface area contributed by atoms with Crippen LogP contribution in [-0.4, -0.2) is 64.9 Å². The van der Waals surface area contributed by atoms with Gasteiger partial charge in [-0.2, -0.15) is 0 Å². The van der Waals surface area contributed by atoms with Crippen molar-refractivity contribution in [3.8, 4) is 17.0 Å². The second-order valence-electron chi connectivity index (χ2n) is 10.8. The lowest BCUT2D eigenvalue weighted by Crippen LogP contribution is -2.38. The second-order valence-corrected chi connectivity index (χ2v) is 11.8. The van der Waals surface area contributed by atoms with E-state index in [4.69, 9.17) is 19.0 Å². The van der Waals surface area contributed by atoms with Gasteiger partial charge in [0.1, 0.15) is 22.0 Å². The number of carbonyl (C=O) groups excluding carboxylic acids is 1. The highest BCUT2D eigenvalue weighted by Crippen LogP contribution is 2.33. The van der Waals surface area contributed by atoms with Gasteiger partial charge in [0, 0.05) is 54.6 Å². The first kappa shape index (κ1) is 26.3. The molecular weight excluding hydrogens is 528 g/mol. The third-order valence-electron chi connectivity index (χ3n) is 6.79.